The van der Waals surface area contributed by atoms with Gasteiger partial charge in [0.05, 0.1) is 18.2 Å². The Bertz CT molecular complexity index is 551. The molecule has 1 heterocycles. The molecule has 0 unspecified atom stereocenters. The standard InChI is InChI=1S/C13H13Cl2NO5/c14-8-1-2-11(9(15)5-8)21-7-12(17)16-3-4-20-6-10(16)13(18)19/h1-2,5,10H,3-4,6-7H2,(H,18,19)/t10-/m0/s1. The minimum Gasteiger partial charge on any atom is -0.482 e. The van der Waals surface area contributed by atoms with E-state index >= 15 is 0 Å². The number of halogens is 2. The van der Waals surface area contributed by atoms with Gasteiger partial charge in [0.25, 0.3) is 5.91 Å². The summed E-state index contributed by atoms with van der Waals surface area (Å²) in [5, 5.41) is 9.81. The average molecular weight is 334 g/mol. The van der Waals surface area contributed by atoms with Gasteiger partial charge in [0.2, 0.25) is 0 Å². The largest absolute Gasteiger partial charge is 0.482 e. The number of morpholine rings is 1. The molecule has 1 N–H and O–H groups in total. The number of carboxylic acids is 1. The first-order valence-corrected chi connectivity index (χ1v) is 6.92. The second kappa shape index (κ2) is 6.98. The van der Waals surface area contributed by atoms with Crippen LogP contribution in [0.4, 0.5) is 0 Å². The summed E-state index contributed by atoms with van der Waals surface area (Å²) in [5.41, 5.74) is 0. The summed E-state index contributed by atoms with van der Waals surface area (Å²) in [7, 11) is 0. The fourth-order valence-corrected chi connectivity index (χ4v) is 2.38. The average Bonchev–Trinajstić information content (AvgIpc) is 2.46. The van der Waals surface area contributed by atoms with Crippen molar-refractivity contribution in [1.82, 2.24) is 4.90 Å². The van der Waals surface area contributed by atoms with Crippen LogP contribution >= 0.6 is 23.2 Å². The van der Waals surface area contributed by atoms with Gasteiger partial charge >= 0.3 is 5.97 Å². The molecule has 1 aromatic carbocycles. The molecule has 1 aromatic rings. The van der Waals surface area contributed by atoms with Crippen LogP contribution in [0, 0.1) is 0 Å². The predicted molar refractivity (Wildman–Crippen MR) is 75.9 cm³/mol. The fourth-order valence-electron chi connectivity index (χ4n) is 1.92. The zero-order chi connectivity index (χ0) is 15.4. The van der Waals surface area contributed by atoms with Crippen molar-refractivity contribution in [2.45, 2.75) is 6.04 Å². The van der Waals surface area contributed by atoms with Gasteiger partial charge in [-0.25, -0.2) is 4.79 Å². The number of carbonyl (C=O) groups is 2. The molecule has 1 aliphatic heterocycles. The summed E-state index contributed by atoms with van der Waals surface area (Å²) in [4.78, 5) is 24.4. The molecule has 2 rings (SSSR count). The third-order valence-electron chi connectivity index (χ3n) is 2.98. The van der Waals surface area contributed by atoms with E-state index in [1.807, 2.05) is 0 Å². The van der Waals surface area contributed by atoms with Gasteiger partial charge in [-0.1, -0.05) is 23.2 Å². The van der Waals surface area contributed by atoms with Crippen LogP contribution in [0.25, 0.3) is 0 Å². The molecule has 0 spiro atoms. The second-order valence-electron chi connectivity index (χ2n) is 4.38. The van der Waals surface area contributed by atoms with Gasteiger partial charge in [0.1, 0.15) is 5.75 Å². The lowest BCUT2D eigenvalue weighted by molar-refractivity contribution is -0.159. The van der Waals surface area contributed by atoms with Crippen LogP contribution in [0.3, 0.4) is 0 Å². The second-order valence-corrected chi connectivity index (χ2v) is 5.22. The van der Waals surface area contributed by atoms with Crippen LogP contribution in [0.15, 0.2) is 18.2 Å². The first kappa shape index (κ1) is 15.9. The van der Waals surface area contributed by atoms with Crippen LogP contribution in [-0.4, -0.2) is 54.3 Å². The van der Waals surface area contributed by atoms with Gasteiger partial charge in [-0.05, 0) is 18.2 Å². The van der Waals surface area contributed by atoms with Gasteiger partial charge in [-0.3, -0.25) is 4.79 Å². The van der Waals surface area contributed by atoms with Crippen LogP contribution in [0.5, 0.6) is 5.75 Å². The number of benzene rings is 1. The van der Waals surface area contributed by atoms with Gasteiger partial charge in [0, 0.05) is 11.6 Å². The predicted octanol–water partition coefficient (Wildman–Crippen LogP) is 1.68. The lowest BCUT2D eigenvalue weighted by Gasteiger charge is -2.32. The molecule has 1 amide bonds. The number of hydrogen-bond acceptors (Lipinski definition) is 4. The van der Waals surface area contributed by atoms with Crippen molar-refractivity contribution in [3.63, 3.8) is 0 Å². The molecule has 0 saturated carbocycles. The SMILES string of the molecule is O=C(O)[C@@H]1COCCN1C(=O)COc1ccc(Cl)cc1Cl. The Balaban J connectivity index is 1.98. The molecule has 8 heteroatoms. The van der Waals surface area contributed by atoms with Crippen molar-refractivity contribution in [2.24, 2.45) is 0 Å². The van der Waals surface area contributed by atoms with Crippen molar-refractivity contribution in [3.8, 4) is 5.75 Å². The number of carbonyl (C=O) groups excluding carboxylic acids is 1. The number of amides is 1. The van der Waals surface area contributed by atoms with E-state index in [1.54, 1.807) is 12.1 Å². The summed E-state index contributed by atoms with van der Waals surface area (Å²) >= 11 is 11.7. The van der Waals surface area contributed by atoms with E-state index in [1.165, 1.54) is 11.0 Å². The van der Waals surface area contributed by atoms with Crippen molar-refractivity contribution < 1.29 is 24.2 Å². The molecule has 21 heavy (non-hydrogen) atoms. The van der Waals surface area contributed by atoms with Crippen LogP contribution in [0.2, 0.25) is 10.0 Å². The van der Waals surface area contributed by atoms with Gasteiger partial charge in [0.15, 0.2) is 12.6 Å². The number of ether oxygens (including phenoxy) is 2. The highest BCUT2D eigenvalue weighted by atomic mass is 35.5. The molecular formula is C13H13Cl2NO5. The fraction of sp³-hybridized carbons (Fsp3) is 0.385. The van der Waals surface area contributed by atoms with E-state index in [9.17, 15) is 9.59 Å². The monoisotopic (exact) mass is 333 g/mol. The smallest absolute Gasteiger partial charge is 0.328 e. The van der Waals surface area contributed by atoms with E-state index in [4.69, 9.17) is 37.8 Å². The molecular weight excluding hydrogens is 321 g/mol. The molecule has 6 nitrogen and oxygen atoms in total. The van der Waals surface area contributed by atoms with Crippen LogP contribution < -0.4 is 4.74 Å². The van der Waals surface area contributed by atoms with E-state index in [0.717, 1.165) is 0 Å². The minimum atomic E-state index is -1.10. The number of hydrogen-bond donors (Lipinski definition) is 1. The summed E-state index contributed by atoms with van der Waals surface area (Å²) in [6, 6.07) is 3.64. The number of carboxylic acid groups (broad SMARTS) is 1. The van der Waals surface area contributed by atoms with Crippen molar-refractivity contribution in [2.75, 3.05) is 26.4 Å². The van der Waals surface area contributed by atoms with Crippen molar-refractivity contribution >= 4 is 35.1 Å². The number of rotatable bonds is 4. The lowest BCUT2D eigenvalue weighted by Crippen LogP contribution is -2.53. The summed E-state index contributed by atoms with van der Waals surface area (Å²) < 4.78 is 10.4. The Hall–Kier alpha value is -1.50. The maximum atomic E-state index is 12.1. The first-order chi connectivity index (χ1) is 9.99. The zero-order valence-corrected chi connectivity index (χ0v) is 12.4. The van der Waals surface area contributed by atoms with Gasteiger partial charge < -0.3 is 19.5 Å². The lowest BCUT2D eigenvalue weighted by atomic mass is 10.2. The molecule has 1 aliphatic rings. The van der Waals surface area contributed by atoms with Crippen LogP contribution in [-0.2, 0) is 14.3 Å². The molecule has 0 aliphatic carbocycles. The minimum absolute atomic E-state index is 0.0250. The number of aliphatic carboxylic acids is 1. The summed E-state index contributed by atoms with van der Waals surface area (Å²) in [6.45, 7) is 0.193. The Morgan fingerprint density at radius 3 is 2.86 bits per heavy atom. The molecule has 0 aromatic heterocycles. The normalized spacial score (nSPS) is 18.4. The summed E-state index contributed by atoms with van der Waals surface area (Å²) in [5.74, 6) is -1.22. The van der Waals surface area contributed by atoms with E-state index < -0.39 is 17.9 Å². The van der Waals surface area contributed by atoms with Crippen molar-refractivity contribution in [1.29, 1.82) is 0 Å². The molecule has 0 bridgehead atoms. The zero-order valence-electron chi connectivity index (χ0n) is 10.9. The van der Waals surface area contributed by atoms with Gasteiger partial charge in [-0.2, -0.15) is 0 Å². The quantitative estimate of drug-likeness (QED) is 0.907. The highest BCUT2D eigenvalue weighted by molar-refractivity contribution is 6.35. The molecule has 1 saturated heterocycles. The maximum absolute atomic E-state index is 12.1. The molecule has 1 atom stereocenters. The highest BCUT2D eigenvalue weighted by Gasteiger charge is 2.32. The van der Waals surface area contributed by atoms with Crippen LogP contribution in [0.1, 0.15) is 0 Å². The summed E-state index contributed by atoms with van der Waals surface area (Å²) in [6.07, 6.45) is 0. The molecule has 0 radical (unpaired) electrons. The maximum Gasteiger partial charge on any atom is 0.328 e. The van der Waals surface area contributed by atoms with E-state index in [0.29, 0.717) is 17.4 Å². The third-order valence-corrected chi connectivity index (χ3v) is 3.51. The molecule has 114 valence electrons. The Morgan fingerprint density at radius 1 is 1.43 bits per heavy atom. The Morgan fingerprint density at radius 2 is 2.19 bits per heavy atom. The topological polar surface area (TPSA) is 76.1 Å². The third kappa shape index (κ3) is 4.00. The van der Waals surface area contributed by atoms with E-state index in [2.05, 4.69) is 0 Å². The molecule has 1 fully saturated rings. The van der Waals surface area contributed by atoms with E-state index in [-0.39, 0.29) is 24.8 Å². The Labute approximate surface area is 131 Å². The van der Waals surface area contributed by atoms with Gasteiger partial charge in [-0.15, -0.1) is 0 Å². The number of nitrogens with zero attached hydrogens (tertiary/aromatic N) is 1. The Kier molecular flexibility index (Phi) is 5.27. The highest BCUT2D eigenvalue weighted by Crippen LogP contribution is 2.27. The van der Waals surface area contributed by atoms with Crippen molar-refractivity contribution in [3.05, 3.63) is 28.2 Å². The first-order valence-electron chi connectivity index (χ1n) is 6.17.